The predicted octanol–water partition coefficient (Wildman–Crippen LogP) is 6.41. The third-order valence-corrected chi connectivity index (χ3v) is 9.05. The van der Waals surface area contributed by atoms with Gasteiger partial charge in [0.15, 0.2) is 0 Å². The summed E-state index contributed by atoms with van der Waals surface area (Å²) < 4.78 is 68.6. The Morgan fingerprint density at radius 1 is 0.952 bits per heavy atom. The van der Waals surface area contributed by atoms with Gasteiger partial charge in [-0.05, 0) is 65.6 Å². The third-order valence-electron chi connectivity index (χ3n) is 7.58. The van der Waals surface area contributed by atoms with Crippen LogP contribution in [-0.4, -0.2) is 26.9 Å². The second kappa shape index (κ2) is 13.4. The highest BCUT2D eigenvalue weighted by atomic mass is 32.2. The van der Waals surface area contributed by atoms with E-state index in [-0.39, 0.29) is 18.4 Å². The fourth-order valence-electron chi connectivity index (χ4n) is 5.27. The van der Waals surface area contributed by atoms with Crippen LogP contribution < -0.4 is 15.4 Å². The second-order valence-electron chi connectivity index (χ2n) is 11.2. The standard InChI is InChI=1S/C32H38F3N3O3S/c1-21(2)36-20-22(3)24-15-16-28-25(17-24)11-7-14-29(28)37-31(39)19-30(23-9-5-4-6-10-23)38-42(40,41)27-13-8-12-26(18-27)32(33,34)35/h4-6,8-10,12-13,15-18,21-22,29-30,36,38H,7,11,14,19-20H2,1-3H3,(H,37,39)/t22?,29-,30-/m1/s1. The average Bonchev–Trinajstić information content (AvgIpc) is 2.95. The number of carbonyl (C=O) groups is 1. The number of benzene rings is 3. The molecule has 6 nitrogen and oxygen atoms in total. The maximum Gasteiger partial charge on any atom is 0.416 e. The molecule has 226 valence electrons. The highest BCUT2D eigenvalue weighted by molar-refractivity contribution is 7.89. The monoisotopic (exact) mass is 601 g/mol. The van der Waals surface area contributed by atoms with Gasteiger partial charge in [-0.25, -0.2) is 13.1 Å². The number of rotatable bonds is 11. The Hall–Kier alpha value is -3.21. The van der Waals surface area contributed by atoms with Gasteiger partial charge in [0.2, 0.25) is 15.9 Å². The number of carbonyl (C=O) groups excluding carboxylic acids is 1. The van der Waals surface area contributed by atoms with Crippen molar-refractivity contribution in [2.45, 2.75) is 81.6 Å². The highest BCUT2D eigenvalue weighted by Gasteiger charge is 2.33. The molecule has 1 amide bonds. The molecule has 1 aliphatic carbocycles. The molecular weight excluding hydrogens is 563 g/mol. The number of halogens is 3. The molecule has 0 aromatic heterocycles. The van der Waals surface area contributed by atoms with Crippen molar-refractivity contribution >= 4 is 15.9 Å². The Labute approximate surface area is 246 Å². The molecule has 3 N–H and O–H groups in total. The highest BCUT2D eigenvalue weighted by Crippen LogP contribution is 2.33. The van der Waals surface area contributed by atoms with Crippen LogP contribution in [0, 0.1) is 0 Å². The number of sulfonamides is 1. The van der Waals surface area contributed by atoms with E-state index in [1.807, 2.05) is 0 Å². The summed E-state index contributed by atoms with van der Waals surface area (Å²) in [7, 11) is -4.38. The molecule has 1 aliphatic rings. The van der Waals surface area contributed by atoms with Crippen molar-refractivity contribution in [1.29, 1.82) is 0 Å². The van der Waals surface area contributed by atoms with E-state index in [0.29, 0.717) is 23.6 Å². The molecule has 4 rings (SSSR count). The minimum absolute atomic E-state index is 0.212. The average molecular weight is 602 g/mol. The molecule has 42 heavy (non-hydrogen) atoms. The van der Waals surface area contributed by atoms with E-state index in [1.54, 1.807) is 30.3 Å². The Bertz CT molecular complexity index is 1480. The summed E-state index contributed by atoms with van der Waals surface area (Å²) >= 11 is 0. The van der Waals surface area contributed by atoms with Crippen LogP contribution in [0.4, 0.5) is 13.2 Å². The summed E-state index contributed by atoms with van der Waals surface area (Å²) in [5.74, 6) is -0.0174. The molecule has 0 heterocycles. The largest absolute Gasteiger partial charge is 0.416 e. The zero-order valence-corrected chi connectivity index (χ0v) is 24.9. The Morgan fingerprint density at radius 2 is 1.69 bits per heavy atom. The topological polar surface area (TPSA) is 87.3 Å². The number of nitrogens with one attached hydrogen (secondary N) is 3. The number of hydrogen-bond acceptors (Lipinski definition) is 4. The number of amides is 1. The number of fused-ring (bicyclic) bond motifs is 1. The van der Waals surface area contributed by atoms with Gasteiger partial charge < -0.3 is 10.6 Å². The first-order chi connectivity index (χ1) is 19.8. The molecule has 1 unspecified atom stereocenters. The second-order valence-corrected chi connectivity index (χ2v) is 13.0. The SMILES string of the molecule is CC(C)NCC(C)c1ccc2c(c1)CCC[C@H]2NC(=O)C[C@@H](NS(=O)(=O)c1cccc(C(F)(F)F)c1)c1ccccc1. The van der Waals surface area contributed by atoms with Gasteiger partial charge in [-0.3, -0.25) is 4.79 Å². The van der Waals surface area contributed by atoms with Crippen LogP contribution >= 0.6 is 0 Å². The molecule has 0 aliphatic heterocycles. The predicted molar refractivity (Wildman–Crippen MR) is 157 cm³/mol. The summed E-state index contributed by atoms with van der Waals surface area (Å²) in [5, 5.41) is 6.55. The van der Waals surface area contributed by atoms with Crippen LogP contribution in [0.3, 0.4) is 0 Å². The van der Waals surface area contributed by atoms with Gasteiger partial charge in [-0.1, -0.05) is 75.4 Å². The lowest BCUT2D eigenvalue weighted by Gasteiger charge is -2.28. The van der Waals surface area contributed by atoms with E-state index in [1.165, 1.54) is 11.1 Å². The van der Waals surface area contributed by atoms with E-state index >= 15 is 0 Å². The van der Waals surface area contributed by atoms with Gasteiger partial charge in [-0.15, -0.1) is 0 Å². The van der Waals surface area contributed by atoms with Gasteiger partial charge in [0, 0.05) is 19.0 Å². The fourth-order valence-corrected chi connectivity index (χ4v) is 6.54. The lowest BCUT2D eigenvalue weighted by molar-refractivity contribution is -0.137. The third kappa shape index (κ3) is 8.20. The molecule has 3 atom stereocenters. The van der Waals surface area contributed by atoms with Crippen LogP contribution in [-0.2, 0) is 27.4 Å². The molecule has 0 spiro atoms. The van der Waals surface area contributed by atoms with Crippen molar-refractivity contribution in [2.24, 2.45) is 0 Å². The van der Waals surface area contributed by atoms with Crippen LogP contribution in [0.15, 0.2) is 77.7 Å². The lowest BCUT2D eigenvalue weighted by Crippen LogP contribution is -2.36. The summed E-state index contributed by atoms with van der Waals surface area (Å²) in [6.45, 7) is 7.29. The first-order valence-corrected chi connectivity index (χ1v) is 15.7. The summed E-state index contributed by atoms with van der Waals surface area (Å²) in [5.41, 5.74) is 2.96. The van der Waals surface area contributed by atoms with Crippen LogP contribution in [0.2, 0.25) is 0 Å². The molecule has 3 aromatic carbocycles. The van der Waals surface area contributed by atoms with Crippen LogP contribution in [0.5, 0.6) is 0 Å². The summed E-state index contributed by atoms with van der Waals surface area (Å²) in [4.78, 5) is 12.8. The number of alkyl halides is 3. The molecule has 0 saturated carbocycles. The van der Waals surface area contributed by atoms with Gasteiger partial charge in [0.1, 0.15) is 0 Å². The minimum atomic E-state index is -4.69. The molecule has 0 radical (unpaired) electrons. The Balaban J connectivity index is 1.51. The number of aryl methyl sites for hydroxylation is 1. The van der Waals surface area contributed by atoms with Gasteiger partial charge in [-0.2, -0.15) is 13.2 Å². The van der Waals surface area contributed by atoms with Crippen molar-refractivity contribution in [3.8, 4) is 0 Å². The van der Waals surface area contributed by atoms with E-state index in [2.05, 4.69) is 54.3 Å². The van der Waals surface area contributed by atoms with Gasteiger partial charge in [0.05, 0.1) is 22.5 Å². The normalized spacial score (nSPS) is 17.0. The minimum Gasteiger partial charge on any atom is -0.349 e. The zero-order chi connectivity index (χ0) is 30.5. The van der Waals surface area contributed by atoms with Crippen molar-refractivity contribution in [2.75, 3.05) is 6.54 Å². The van der Waals surface area contributed by atoms with Crippen molar-refractivity contribution in [3.05, 3.63) is 101 Å². The van der Waals surface area contributed by atoms with E-state index in [4.69, 9.17) is 0 Å². The molecular formula is C32H38F3N3O3S. The Morgan fingerprint density at radius 3 is 2.38 bits per heavy atom. The molecule has 0 saturated heterocycles. The molecule has 0 bridgehead atoms. The van der Waals surface area contributed by atoms with Gasteiger partial charge in [0.25, 0.3) is 0 Å². The lowest BCUT2D eigenvalue weighted by atomic mass is 9.84. The van der Waals surface area contributed by atoms with E-state index < -0.39 is 32.7 Å². The quantitative estimate of drug-likeness (QED) is 0.237. The van der Waals surface area contributed by atoms with E-state index in [0.717, 1.165) is 49.6 Å². The summed E-state index contributed by atoms with van der Waals surface area (Å²) in [6.07, 6.45) is -2.32. The van der Waals surface area contributed by atoms with Crippen LogP contribution in [0.25, 0.3) is 0 Å². The Kier molecular flexibility index (Phi) is 10.1. The van der Waals surface area contributed by atoms with Gasteiger partial charge >= 0.3 is 6.18 Å². The molecule has 10 heteroatoms. The fraction of sp³-hybridized carbons (Fsp3) is 0.406. The van der Waals surface area contributed by atoms with Crippen molar-refractivity contribution in [1.82, 2.24) is 15.4 Å². The first kappa shape index (κ1) is 31.7. The van der Waals surface area contributed by atoms with Crippen molar-refractivity contribution in [3.63, 3.8) is 0 Å². The number of hydrogen-bond donors (Lipinski definition) is 3. The molecule has 0 fully saturated rings. The smallest absolute Gasteiger partial charge is 0.349 e. The maximum absolute atomic E-state index is 13.3. The first-order valence-electron chi connectivity index (χ1n) is 14.2. The van der Waals surface area contributed by atoms with Crippen molar-refractivity contribution < 1.29 is 26.4 Å². The van der Waals surface area contributed by atoms with E-state index in [9.17, 15) is 26.4 Å². The van der Waals surface area contributed by atoms with Crippen LogP contribution in [0.1, 0.15) is 85.9 Å². The zero-order valence-electron chi connectivity index (χ0n) is 24.0. The maximum atomic E-state index is 13.3. The summed E-state index contributed by atoms with van der Waals surface area (Å²) in [6, 6.07) is 17.7. The molecule has 3 aromatic rings.